The third-order valence-electron chi connectivity index (χ3n) is 3.56. The van der Waals surface area contributed by atoms with Crippen molar-refractivity contribution >= 4 is 28.8 Å². The molecule has 1 aromatic carbocycles. The van der Waals surface area contributed by atoms with Crippen LogP contribution in [0.5, 0.6) is 0 Å². The number of hydrogen-bond donors (Lipinski definition) is 1. The zero-order valence-corrected chi connectivity index (χ0v) is 13.5. The van der Waals surface area contributed by atoms with Gasteiger partial charge in [0.15, 0.2) is 5.01 Å². The van der Waals surface area contributed by atoms with Gasteiger partial charge in [-0.2, -0.15) is 0 Å². The monoisotopic (exact) mass is 330 g/mol. The Morgan fingerprint density at radius 1 is 1.32 bits per heavy atom. The number of thiazole rings is 1. The third-order valence-corrected chi connectivity index (χ3v) is 4.70. The number of nitrogens with one attached hydrogen (secondary N) is 1. The summed E-state index contributed by atoms with van der Waals surface area (Å²) in [6.45, 7) is 0. The van der Waals surface area contributed by atoms with Gasteiger partial charge in [0.1, 0.15) is 4.88 Å². The van der Waals surface area contributed by atoms with E-state index < -0.39 is 0 Å². The number of carbonyl (C=O) groups excluding carboxylic acids is 1. The lowest BCUT2D eigenvalue weighted by Crippen LogP contribution is -2.31. The molecule has 112 valence electrons. The standard InChI is InChI=1S/C17H15ClN2OS/c18-13-5-3-4-12(10-13)8-9-16-19-11-15(22-16)17(21)20-14-6-1-2-7-14/h3-5,10-11,14H,1-2,6-7H2,(H,20,21). The summed E-state index contributed by atoms with van der Waals surface area (Å²) in [6.07, 6.45) is 6.14. The third kappa shape index (κ3) is 3.88. The van der Waals surface area contributed by atoms with Gasteiger partial charge in [-0.15, -0.1) is 11.3 Å². The number of carbonyl (C=O) groups is 1. The first-order valence-electron chi connectivity index (χ1n) is 7.25. The molecule has 22 heavy (non-hydrogen) atoms. The first-order chi connectivity index (χ1) is 10.7. The number of nitrogens with zero attached hydrogens (tertiary/aromatic N) is 1. The fourth-order valence-electron chi connectivity index (χ4n) is 2.46. The largest absolute Gasteiger partial charge is 0.349 e. The van der Waals surface area contributed by atoms with Crippen LogP contribution < -0.4 is 5.32 Å². The summed E-state index contributed by atoms with van der Waals surface area (Å²) < 4.78 is 0. The molecule has 0 unspecified atom stereocenters. The van der Waals surface area contributed by atoms with Crippen molar-refractivity contribution in [2.24, 2.45) is 0 Å². The Morgan fingerprint density at radius 3 is 2.91 bits per heavy atom. The smallest absolute Gasteiger partial charge is 0.263 e. The summed E-state index contributed by atoms with van der Waals surface area (Å²) in [5.41, 5.74) is 0.833. The lowest BCUT2D eigenvalue weighted by atomic mass is 10.2. The van der Waals surface area contributed by atoms with Crippen LogP contribution in [0.25, 0.3) is 0 Å². The molecule has 0 spiro atoms. The molecule has 5 heteroatoms. The maximum Gasteiger partial charge on any atom is 0.263 e. The van der Waals surface area contributed by atoms with Gasteiger partial charge < -0.3 is 5.32 Å². The van der Waals surface area contributed by atoms with Crippen LogP contribution in [0, 0.1) is 11.8 Å². The van der Waals surface area contributed by atoms with Gasteiger partial charge in [0.25, 0.3) is 5.91 Å². The number of halogens is 1. The van der Waals surface area contributed by atoms with Gasteiger partial charge in [-0.25, -0.2) is 4.98 Å². The Kier molecular flexibility index (Phi) is 4.77. The van der Waals surface area contributed by atoms with E-state index >= 15 is 0 Å². The highest BCUT2D eigenvalue weighted by Crippen LogP contribution is 2.19. The van der Waals surface area contributed by atoms with Crippen LogP contribution >= 0.6 is 22.9 Å². The topological polar surface area (TPSA) is 42.0 Å². The molecule has 1 saturated carbocycles. The maximum absolute atomic E-state index is 12.1. The van der Waals surface area contributed by atoms with Crippen LogP contribution in [0.2, 0.25) is 5.02 Å². The van der Waals surface area contributed by atoms with Crippen LogP contribution in [-0.2, 0) is 0 Å². The van der Waals surface area contributed by atoms with E-state index in [4.69, 9.17) is 11.6 Å². The average molecular weight is 331 g/mol. The number of rotatable bonds is 2. The molecule has 0 aliphatic heterocycles. The number of amides is 1. The van der Waals surface area contributed by atoms with E-state index in [0.29, 0.717) is 20.9 Å². The molecule has 0 bridgehead atoms. The normalized spacial score (nSPS) is 14.4. The van der Waals surface area contributed by atoms with Gasteiger partial charge in [0, 0.05) is 16.6 Å². The fourth-order valence-corrected chi connectivity index (χ4v) is 3.32. The molecule has 1 amide bonds. The molecule has 2 aromatic rings. The summed E-state index contributed by atoms with van der Waals surface area (Å²) in [6, 6.07) is 7.67. The van der Waals surface area contributed by atoms with Gasteiger partial charge in [0.2, 0.25) is 0 Å². The first kappa shape index (κ1) is 15.1. The SMILES string of the molecule is O=C(NC1CCCC1)c1cnc(C#Cc2cccc(Cl)c2)s1. The molecular weight excluding hydrogens is 316 g/mol. The number of benzene rings is 1. The van der Waals surface area contributed by atoms with Gasteiger partial charge in [0.05, 0.1) is 6.20 Å². The number of aromatic nitrogens is 1. The molecule has 1 N–H and O–H groups in total. The second-order valence-corrected chi connectivity index (χ2v) is 6.71. The Hall–Kier alpha value is -1.83. The van der Waals surface area contributed by atoms with Gasteiger partial charge in [-0.3, -0.25) is 4.79 Å². The molecule has 1 fully saturated rings. The average Bonchev–Trinajstić information content (AvgIpc) is 3.16. The Morgan fingerprint density at radius 2 is 2.14 bits per heavy atom. The van der Waals surface area contributed by atoms with Crippen molar-refractivity contribution < 1.29 is 4.79 Å². The Balaban J connectivity index is 1.67. The minimum atomic E-state index is -0.0415. The molecule has 3 rings (SSSR count). The van der Waals surface area contributed by atoms with Crippen molar-refractivity contribution in [1.82, 2.24) is 10.3 Å². The summed E-state index contributed by atoms with van der Waals surface area (Å²) in [7, 11) is 0. The van der Waals surface area contributed by atoms with E-state index in [9.17, 15) is 4.79 Å². The molecule has 1 heterocycles. The van der Waals surface area contributed by atoms with Crippen molar-refractivity contribution in [3.05, 3.63) is 50.9 Å². The predicted molar refractivity (Wildman–Crippen MR) is 89.3 cm³/mol. The first-order valence-corrected chi connectivity index (χ1v) is 8.44. The van der Waals surface area contributed by atoms with E-state index in [1.165, 1.54) is 24.2 Å². The quantitative estimate of drug-likeness (QED) is 0.849. The Bertz CT molecular complexity index is 738. The van der Waals surface area contributed by atoms with E-state index in [1.54, 1.807) is 12.3 Å². The number of hydrogen-bond acceptors (Lipinski definition) is 3. The second-order valence-electron chi connectivity index (χ2n) is 5.24. The summed E-state index contributed by atoms with van der Waals surface area (Å²) in [5, 5.41) is 4.35. The highest BCUT2D eigenvalue weighted by atomic mass is 35.5. The van der Waals surface area contributed by atoms with Gasteiger partial charge >= 0.3 is 0 Å². The van der Waals surface area contributed by atoms with E-state index in [0.717, 1.165) is 18.4 Å². The Labute approximate surface area is 138 Å². The fraction of sp³-hybridized carbons (Fsp3) is 0.294. The minimum Gasteiger partial charge on any atom is -0.349 e. The molecule has 0 atom stereocenters. The lowest BCUT2D eigenvalue weighted by molar-refractivity contribution is 0.0942. The molecule has 1 aliphatic rings. The minimum absolute atomic E-state index is 0.0415. The molecule has 1 aromatic heterocycles. The maximum atomic E-state index is 12.1. The van der Waals surface area contributed by atoms with E-state index in [1.807, 2.05) is 18.2 Å². The highest BCUT2D eigenvalue weighted by Gasteiger charge is 2.19. The van der Waals surface area contributed by atoms with Gasteiger partial charge in [-0.1, -0.05) is 36.4 Å². The zero-order valence-electron chi connectivity index (χ0n) is 11.9. The van der Waals surface area contributed by atoms with Crippen LogP contribution in [-0.4, -0.2) is 16.9 Å². The predicted octanol–water partition coefficient (Wildman–Crippen LogP) is 3.87. The van der Waals surface area contributed by atoms with Crippen LogP contribution in [0.15, 0.2) is 30.5 Å². The molecular formula is C17H15ClN2OS. The van der Waals surface area contributed by atoms with Crippen molar-refractivity contribution in [3.63, 3.8) is 0 Å². The van der Waals surface area contributed by atoms with Crippen LogP contribution in [0.4, 0.5) is 0 Å². The lowest BCUT2D eigenvalue weighted by Gasteiger charge is -2.09. The summed E-state index contributed by atoms with van der Waals surface area (Å²) >= 11 is 7.24. The molecule has 1 aliphatic carbocycles. The van der Waals surface area contributed by atoms with Crippen LogP contribution in [0.1, 0.15) is 45.9 Å². The van der Waals surface area contributed by atoms with Gasteiger partial charge in [-0.05, 0) is 37.0 Å². The molecule has 0 saturated heterocycles. The second kappa shape index (κ2) is 6.95. The molecule has 3 nitrogen and oxygen atoms in total. The van der Waals surface area contributed by atoms with E-state index in [2.05, 4.69) is 22.1 Å². The van der Waals surface area contributed by atoms with Crippen molar-refractivity contribution in [2.45, 2.75) is 31.7 Å². The summed E-state index contributed by atoms with van der Waals surface area (Å²) in [4.78, 5) is 16.9. The summed E-state index contributed by atoms with van der Waals surface area (Å²) in [5.74, 6) is 5.94. The van der Waals surface area contributed by atoms with E-state index in [-0.39, 0.29) is 5.91 Å². The van der Waals surface area contributed by atoms with Crippen molar-refractivity contribution in [2.75, 3.05) is 0 Å². The molecule has 0 radical (unpaired) electrons. The zero-order chi connectivity index (χ0) is 15.4. The highest BCUT2D eigenvalue weighted by molar-refractivity contribution is 7.14. The van der Waals surface area contributed by atoms with Crippen molar-refractivity contribution in [1.29, 1.82) is 0 Å². The van der Waals surface area contributed by atoms with Crippen molar-refractivity contribution in [3.8, 4) is 11.8 Å². The van der Waals surface area contributed by atoms with Crippen LogP contribution in [0.3, 0.4) is 0 Å².